The number of carbonyl (C=O) groups excluding carboxylic acids is 2. The second kappa shape index (κ2) is 10.3. The summed E-state index contributed by atoms with van der Waals surface area (Å²) in [5.74, 6) is -2.07. The largest absolute Gasteiger partial charge is 0.416 e. The molecule has 0 unspecified atom stereocenters. The summed E-state index contributed by atoms with van der Waals surface area (Å²) in [6.07, 6.45) is -4.48. The van der Waals surface area contributed by atoms with Crippen molar-refractivity contribution in [3.8, 4) is 0 Å². The van der Waals surface area contributed by atoms with Crippen LogP contribution < -0.4 is 5.73 Å². The number of hydrogen-bond acceptors (Lipinski definition) is 4. The van der Waals surface area contributed by atoms with E-state index in [0.717, 1.165) is 12.1 Å². The third-order valence-corrected chi connectivity index (χ3v) is 7.70. The van der Waals surface area contributed by atoms with Crippen molar-refractivity contribution in [1.82, 2.24) is 9.80 Å². The molecule has 11 heteroatoms. The fourth-order valence-corrected chi connectivity index (χ4v) is 5.54. The lowest BCUT2D eigenvalue weighted by molar-refractivity contribution is -0.137. The maximum Gasteiger partial charge on any atom is 0.416 e. The zero-order valence-electron chi connectivity index (χ0n) is 22.4. The van der Waals surface area contributed by atoms with Gasteiger partial charge in [-0.25, -0.2) is 13.8 Å². The summed E-state index contributed by atoms with van der Waals surface area (Å²) >= 11 is 0. The van der Waals surface area contributed by atoms with Gasteiger partial charge in [0.15, 0.2) is 11.5 Å². The summed E-state index contributed by atoms with van der Waals surface area (Å²) in [7, 11) is 0. The van der Waals surface area contributed by atoms with E-state index in [2.05, 4.69) is 4.99 Å². The average Bonchev–Trinajstić information content (AvgIpc) is 3.52. The van der Waals surface area contributed by atoms with Crippen molar-refractivity contribution < 1.29 is 31.5 Å². The molecule has 0 aliphatic carbocycles. The molecule has 6 rings (SSSR count). The summed E-state index contributed by atoms with van der Waals surface area (Å²) in [6.45, 7) is 0.137. The predicted molar refractivity (Wildman–Crippen MR) is 147 cm³/mol. The Morgan fingerprint density at radius 1 is 0.837 bits per heavy atom. The number of rotatable bonds is 5. The van der Waals surface area contributed by atoms with E-state index in [1.54, 1.807) is 24.3 Å². The van der Waals surface area contributed by atoms with E-state index < -0.39 is 34.8 Å². The second-order valence-corrected chi connectivity index (χ2v) is 10.4. The van der Waals surface area contributed by atoms with Crippen LogP contribution in [-0.2, 0) is 36.1 Å². The maximum absolute atomic E-state index is 14.1. The second-order valence-electron chi connectivity index (χ2n) is 10.4. The third kappa shape index (κ3) is 5.00. The van der Waals surface area contributed by atoms with Crippen LogP contribution in [0.5, 0.6) is 0 Å². The van der Waals surface area contributed by atoms with E-state index in [4.69, 9.17) is 5.73 Å². The molecule has 0 atom stereocenters. The molecular formula is C32H23F5N4O2. The van der Waals surface area contributed by atoms with E-state index in [1.165, 1.54) is 64.4 Å². The Morgan fingerprint density at radius 3 is 2.05 bits per heavy atom. The molecule has 0 saturated heterocycles. The van der Waals surface area contributed by atoms with Crippen LogP contribution in [0.1, 0.15) is 43.7 Å². The highest BCUT2D eigenvalue weighted by molar-refractivity contribution is 6.09. The molecule has 2 aliphatic heterocycles. The van der Waals surface area contributed by atoms with E-state index in [0.29, 0.717) is 27.8 Å². The Hall–Kier alpha value is -5.06. The molecule has 4 aromatic rings. The number of nitrogens with zero attached hydrogens (tertiary/aromatic N) is 3. The molecule has 0 fully saturated rings. The molecule has 4 aromatic carbocycles. The Bertz CT molecular complexity index is 1720. The van der Waals surface area contributed by atoms with Crippen molar-refractivity contribution in [2.45, 2.75) is 31.3 Å². The van der Waals surface area contributed by atoms with Crippen molar-refractivity contribution in [3.63, 3.8) is 0 Å². The van der Waals surface area contributed by atoms with Gasteiger partial charge in [0.25, 0.3) is 11.8 Å². The molecule has 43 heavy (non-hydrogen) atoms. The van der Waals surface area contributed by atoms with Crippen LogP contribution in [0.25, 0.3) is 0 Å². The highest BCUT2D eigenvalue weighted by atomic mass is 19.4. The van der Waals surface area contributed by atoms with Gasteiger partial charge in [0.1, 0.15) is 11.6 Å². The molecule has 0 aromatic heterocycles. The van der Waals surface area contributed by atoms with Crippen LogP contribution in [0.2, 0.25) is 0 Å². The average molecular weight is 591 g/mol. The molecular weight excluding hydrogens is 567 g/mol. The van der Waals surface area contributed by atoms with Crippen molar-refractivity contribution in [2.24, 2.45) is 10.7 Å². The lowest BCUT2D eigenvalue weighted by Gasteiger charge is -2.27. The highest BCUT2D eigenvalue weighted by Gasteiger charge is 2.50. The number of hydrogen-bond donors (Lipinski definition) is 1. The fourth-order valence-electron chi connectivity index (χ4n) is 5.54. The van der Waals surface area contributed by atoms with Crippen LogP contribution >= 0.6 is 0 Å². The lowest BCUT2D eigenvalue weighted by atomic mass is 9.82. The number of nitrogens with two attached hydrogens (primary N) is 1. The van der Waals surface area contributed by atoms with Gasteiger partial charge >= 0.3 is 6.18 Å². The van der Waals surface area contributed by atoms with Gasteiger partial charge in [0.05, 0.1) is 12.1 Å². The number of guanidine groups is 1. The van der Waals surface area contributed by atoms with Crippen LogP contribution in [0.3, 0.4) is 0 Å². The van der Waals surface area contributed by atoms with E-state index in [9.17, 15) is 31.5 Å². The quantitative estimate of drug-likeness (QED) is 0.301. The van der Waals surface area contributed by atoms with Crippen molar-refractivity contribution in [3.05, 3.63) is 142 Å². The van der Waals surface area contributed by atoms with Gasteiger partial charge in [-0.2, -0.15) is 13.2 Å². The fraction of sp³-hybridized carbons (Fsp3) is 0.156. The summed E-state index contributed by atoms with van der Waals surface area (Å²) in [5.41, 5.74) is 6.39. The summed E-state index contributed by atoms with van der Waals surface area (Å²) in [4.78, 5) is 34.6. The summed E-state index contributed by atoms with van der Waals surface area (Å²) < 4.78 is 67.0. The van der Waals surface area contributed by atoms with Crippen molar-refractivity contribution >= 4 is 17.8 Å². The Balaban J connectivity index is 1.26. The van der Waals surface area contributed by atoms with Crippen LogP contribution in [0.15, 0.2) is 96.0 Å². The number of alkyl halides is 3. The first-order chi connectivity index (χ1) is 20.5. The first-order valence-electron chi connectivity index (χ1n) is 13.2. The Labute approximate surface area is 242 Å². The van der Waals surface area contributed by atoms with Crippen molar-refractivity contribution in [1.29, 1.82) is 0 Å². The number of benzene rings is 4. The molecule has 6 nitrogen and oxygen atoms in total. The molecule has 0 spiro atoms. The molecule has 2 aliphatic rings. The van der Waals surface area contributed by atoms with Gasteiger partial charge in [0, 0.05) is 18.7 Å². The van der Waals surface area contributed by atoms with Crippen LogP contribution in [-0.4, -0.2) is 27.6 Å². The highest BCUT2D eigenvalue weighted by Crippen LogP contribution is 2.40. The van der Waals surface area contributed by atoms with Crippen LogP contribution in [0.4, 0.5) is 22.0 Å². The first-order valence-corrected chi connectivity index (χ1v) is 13.2. The summed E-state index contributed by atoms with van der Waals surface area (Å²) in [6, 6.07) is 20.4. The van der Waals surface area contributed by atoms with Gasteiger partial charge in [-0.1, -0.05) is 42.5 Å². The molecule has 2 heterocycles. The minimum atomic E-state index is -4.48. The zero-order chi connectivity index (χ0) is 30.5. The smallest absolute Gasteiger partial charge is 0.369 e. The molecule has 0 saturated carbocycles. The maximum atomic E-state index is 14.1. The normalized spacial score (nSPS) is 15.9. The molecule has 0 bridgehead atoms. The van der Waals surface area contributed by atoms with Gasteiger partial charge in [-0.15, -0.1) is 0 Å². The number of fused-ring (bicyclic) bond motifs is 1. The standard InChI is InChI=1S/C32H23F5N4O2/c33-26-10-6-23(7-11-26)31(24-8-12-27(34)13-9-24)29(43)41(30(38)39-31)16-19-2-1-3-20(14-19)28(42)40-17-21-4-5-25(32(35,36)37)15-22(21)18-40/h1-15H,16-18H2,(H2,38,39). The third-order valence-electron chi connectivity index (χ3n) is 7.70. The Kier molecular flexibility index (Phi) is 6.75. The number of halogens is 5. The van der Waals surface area contributed by atoms with E-state index in [-0.39, 0.29) is 37.1 Å². The number of carbonyl (C=O) groups is 2. The van der Waals surface area contributed by atoms with Gasteiger partial charge in [0.2, 0.25) is 0 Å². The van der Waals surface area contributed by atoms with Gasteiger partial charge in [-0.3, -0.25) is 14.5 Å². The summed E-state index contributed by atoms with van der Waals surface area (Å²) in [5, 5.41) is 0. The predicted octanol–water partition coefficient (Wildman–Crippen LogP) is 5.74. The van der Waals surface area contributed by atoms with Crippen LogP contribution in [0, 0.1) is 11.6 Å². The monoisotopic (exact) mass is 590 g/mol. The topological polar surface area (TPSA) is 79.0 Å². The minimum Gasteiger partial charge on any atom is -0.369 e. The minimum absolute atomic E-state index is 0.0321. The zero-order valence-corrected chi connectivity index (χ0v) is 22.4. The Morgan fingerprint density at radius 2 is 1.44 bits per heavy atom. The first kappa shape index (κ1) is 28.1. The lowest BCUT2D eigenvalue weighted by Crippen LogP contribution is -2.43. The molecule has 0 radical (unpaired) electrons. The van der Waals surface area contributed by atoms with E-state index in [1.807, 2.05) is 0 Å². The van der Waals surface area contributed by atoms with Gasteiger partial charge in [-0.05, 0) is 76.3 Å². The molecule has 2 amide bonds. The van der Waals surface area contributed by atoms with Crippen molar-refractivity contribution in [2.75, 3.05) is 0 Å². The van der Waals surface area contributed by atoms with Gasteiger partial charge < -0.3 is 10.6 Å². The number of aliphatic imine (C=N–C) groups is 1. The van der Waals surface area contributed by atoms with E-state index >= 15 is 0 Å². The SMILES string of the molecule is NC1=NC(c2ccc(F)cc2)(c2ccc(F)cc2)C(=O)N1Cc1cccc(C(=O)N2Cc3ccc(C(F)(F)F)cc3C2)c1. The number of amides is 2. The molecule has 218 valence electrons. The molecule has 2 N–H and O–H groups in total.